The highest BCUT2D eigenvalue weighted by Gasteiger charge is 2.22. The van der Waals surface area contributed by atoms with E-state index in [4.69, 9.17) is 0 Å². The van der Waals surface area contributed by atoms with Crippen LogP contribution in [-0.4, -0.2) is 35.7 Å². The number of pyridine rings is 1. The van der Waals surface area contributed by atoms with Gasteiger partial charge in [-0.15, -0.1) is 0 Å². The molecule has 6 nitrogen and oxygen atoms in total. The van der Waals surface area contributed by atoms with E-state index in [1.807, 2.05) is 47.3 Å². The van der Waals surface area contributed by atoms with Crippen molar-refractivity contribution in [2.75, 3.05) is 36.0 Å². The summed E-state index contributed by atoms with van der Waals surface area (Å²) in [5, 5.41) is 19.1. The lowest BCUT2D eigenvalue weighted by Crippen LogP contribution is -2.47. The molecule has 6 heteroatoms. The van der Waals surface area contributed by atoms with Gasteiger partial charge in [-0.1, -0.05) is 6.07 Å². The average Bonchev–Trinajstić information content (AvgIpc) is 3.28. The lowest BCUT2D eigenvalue weighted by molar-refractivity contribution is 0.651. The first-order valence-electron chi connectivity index (χ1n) is 8.82. The summed E-state index contributed by atoms with van der Waals surface area (Å²) in [6.45, 7) is 3.12. The molecule has 3 heterocycles. The molecule has 4 rings (SSSR count). The standard InChI is InChI=1S/C21H18N6/c22-14-17-6-7-24-16-21(17)27-12-10-26(11-13-27)20-5-3-4-19(18(20)15-23)25-8-1-2-9-25/h1-9,16H,10-13H2. The molecule has 0 atom stereocenters. The monoisotopic (exact) mass is 354 g/mol. The number of hydrogen-bond acceptors (Lipinski definition) is 5. The molecule has 27 heavy (non-hydrogen) atoms. The number of nitrogens with zero attached hydrogens (tertiary/aromatic N) is 6. The smallest absolute Gasteiger partial charge is 0.104 e. The molecular weight excluding hydrogens is 336 g/mol. The fraction of sp³-hybridized carbons (Fsp3) is 0.190. The predicted octanol–water partition coefficient (Wildman–Crippen LogP) is 2.94. The van der Waals surface area contributed by atoms with Gasteiger partial charge in [-0.2, -0.15) is 10.5 Å². The molecule has 1 fully saturated rings. The normalized spacial score (nSPS) is 13.9. The van der Waals surface area contributed by atoms with Gasteiger partial charge in [-0.25, -0.2) is 0 Å². The number of nitriles is 2. The van der Waals surface area contributed by atoms with E-state index in [1.165, 1.54) is 0 Å². The quantitative estimate of drug-likeness (QED) is 0.723. The summed E-state index contributed by atoms with van der Waals surface area (Å²) in [7, 11) is 0. The van der Waals surface area contributed by atoms with Crippen molar-refractivity contribution in [1.29, 1.82) is 10.5 Å². The van der Waals surface area contributed by atoms with Crippen LogP contribution < -0.4 is 9.80 Å². The molecule has 0 radical (unpaired) electrons. The number of anilines is 2. The van der Waals surface area contributed by atoms with Crippen molar-refractivity contribution in [2.45, 2.75) is 0 Å². The van der Waals surface area contributed by atoms with Crippen LogP contribution in [0.4, 0.5) is 11.4 Å². The molecule has 1 saturated heterocycles. The van der Waals surface area contributed by atoms with Gasteiger partial charge in [-0.05, 0) is 30.3 Å². The fourth-order valence-corrected chi connectivity index (χ4v) is 3.54. The molecule has 0 saturated carbocycles. The third kappa shape index (κ3) is 3.09. The highest BCUT2D eigenvalue weighted by molar-refractivity contribution is 5.68. The SMILES string of the molecule is N#Cc1ccncc1N1CCN(c2cccc(-n3cccc3)c2C#N)CC1. The Morgan fingerprint density at radius 2 is 1.44 bits per heavy atom. The Labute approximate surface area is 158 Å². The number of hydrogen-bond donors (Lipinski definition) is 0. The molecule has 0 bridgehead atoms. The van der Waals surface area contributed by atoms with E-state index in [2.05, 4.69) is 26.9 Å². The molecule has 3 aromatic rings. The summed E-state index contributed by atoms with van der Waals surface area (Å²) in [6, 6.07) is 16.2. The van der Waals surface area contributed by atoms with E-state index in [9.17, 15) is 10.5 Å². The Morgan fingerprint density at radius 1 is 0.778 bits per heavy atom. The van der Waals surface area contributed by atoms with Gasteiger partial charge in [0.05, 0.1) is 34.4 Å². The summed E-state index contributed by atoms with van der Waals surface area (Å²) in [6.07, 6.45) is 7.29. The zero-order valence-electron chi connectivity index (χ0n) is 14.8. The van der Waals surface area contributed by atoms with Crippen molar-refractivity contribution in [1.82, 2.24) is 9.55 Å². The minimum Gasteiger partial charge on any atom is -0.367 e. The van der Waals surface area contributed by atoms with E-state index in [1.54, 1.807) is 18.5 Å². The molecule has 2 aromatic heterocycles. The minimum atomic E-state index is 0.644. The summed E-state index contributed by atoms with van der Waals surface area (Å²) in [5.74, 6) is 0. The summed E-state index contributed by atoms with van der Waals surface area (Å²) < 4.78 is 1.97. The first-order valence-corrected chi connectivity index (χ1v) is 8.82. The van der Waals surface area contributed by atoms with Crippen molar-refractivity contribution in [3.8, 4) is 17.8 Å². The van der Waals surface area contributed by atoms with E-state index < -0.39 is 0 Å². The largest absolute Gasteiger partial charge is 0.367 e. The van der Waals surface area contributed by atoms with Crippen molar-refractivity contribution >= 4 is 11.4 Å². The molecule has 1 aliphatic rings. The zero-order chi connectivity index (χ0) is 18.6. The number of piperazine rings is 1. The third-order valence-electron chi connectivity index (χ3n) is 4.90. The van der Waals surface area contributed by atoms with E-state index in [0.717, 1.165) is 43.2 Å². The van der Waals surface area contributed by atoms with Gasteiger partial charge >= 0.3 is 0 Å². The first-order chi connectivity index (χ1) is 13.3. The summed E-state index contributed by atoms with van der Waals surface area (Å²) in [4.78, 5) is 8.59. The van der Waals surface area contributed by atoms with Crippen molar-refractivity contribution in [2.24, 2.45) is 0 Å². The lowest BCUT2D eigenvalue weighted by Gasteiger charge is -2.38. The average molecular weight is 354 g/mol. The lowest BCUT2D eigenvalue weighted by atomic mass is 10.1. The van der Waals surface area contributed by atoms with Crippen LogP contribution in [0.15, 0.2) is 61.2 Å². The highest BCUT2D eigenvalue weighted by Crippen LogP contribution is 2.28. The van der Waals surface area contributed by atoms with E-state index in [0.29, 0.717) is 11.1 Å². The van der Waals surface area contributed by atoms with Gasteiger partial charge in [0.15, 0.2) is 0 Å². The van der Waals surface area contributed by atoms with Crippen LogP contribution in [0, 0.1) is 22.7 Å². The maximum absolute atomic E-state index is 9.78. The molecule has 0 amide bonds. The van der Waals surface area contributed by atoms with Crippen LogP contribution in [-0.2, 0) is 0 Å². The van der Waals surface area contributed by atoms with Gasteiger partial charge in [0.2, 0.25) is 0 Å². The van der Waals surface area contributed by atoms with Crippen molar-refractivity contribution in [3.63, 3.8) is 0 Å². The number of benzene rings is 1. The van der Waals surface area contributed by atoms with Crippen LogP contribution in [0.3, 0.4) is 0 Å². The van der Waals surface area contributed by atoms with E-state index >= 15 is 0 Å². The predicted molar refractivity (Wildman–Crippen MR) is 104 cm³/mol. The van der Waals surface area contributed by atoms with Crippen LogP contribution in [0.2, 0.25) is 0 Å². The summed E-state index contributed by atoms with van der Waals surface area (Å²) in [5.41, 5.74) is 4.05. The van der Waals surface area contributed by atoms with Crippen LogP contribution in [0.25, 0.3) is 5.69 Å². The van der Waals surface area contributed by atoms with E-state index in [-0.39, 0.29) is 0 Å². The fourth-order valence-electron chi connectivity index (χ4n) is 3.54. The summed E-state index contributed by atoms with van der Waals surface area (Å²) >= 11 is 0. The second-order valence-electron chi connectivity index (χ2n) is 6.35. The molecule has 132 valence electrons. The number of rotatable bonds is 3. The van der Waals surface area contributed by atoms with Crippen molar-refractivity contribution < 1.29 is 0 Å². The zero-order valence-corrected chi connectivity index (χ0v) is 14.8. The minimum absolute atomic E-state index is 0.644. The molecule has 1 aliphatic heterocycles. The van der Waals surface area contributed by atoms with Crippen molar-refractivity contribution in [3.05, 3.63) is 72.3 Å². The maximum atomic E-state index is 9.78. The topological polar surface area (TPSA) is 71.9 Å². The second kappa shape index (κ2) is 7.23. The molecule has 0 unspecified atom stereocenters. The molecule has 0 spiro atoms. The third-order valence-corrected chi connectivity index (χ3v) is 4.90. The van der Waals surface area contributed by atoms with Gasteiger partial charge in [0.1, 0.15) is 12.1 Å². The first kappa shape index (κ1) is 16.7. The Hall–Kier alpha value is -3.77. The number of aromatic nitrogens is 2. The molecule has 0 aliphatic carbocycles. The molecular formula is C21H18N6. The van der Waals surface area contributed by atoms with Gasteiger partial charge in [0, 0.05) is 44.8 Å². The Bertz CT molecular complexity index is 1020. The Balaban J connectivity index is 1.58. The van der Waals surface area contributed by atoms with Gasteiger partial charge in [0.25, 0.3) is 0 Å². The molecule has 0 N–H and O–H groups in total. The van der Waals surface area contributed by atoms with Crippen LogP contribution in [0.5, 0.6) is 0 Å². The molecule has 1 aromatic carbocycles. The highest BCUT2D eigenvalue weighted by atomic mass is 15.3. The van der Waals surface area contributed by atoms with Gasteiger partial charge < -0.3 is 14.4 Å². The van der Waals surface area contributed by atoms with Crippen LogP contribution in [0.1, 0.15) is 11.1 Å². The Morgan fingerprint density at radius 3 is 2.11 bits per heavy atom. The second-order valence-corrected chi connectivity index (χ2v) is 6.35. The van der Waals surface area contributed by atoms with Crippen LogP contribution >= 0.6 is 0 Å². The maximum Gasteiger partial charge on any atom is 0.104 e. The van der Waals surface area contributed by atoms with Gasteiger partial charge in [-0.3, -0.25) is 4.98 Å². The Kier molecular flexibility index (Phi) is 4.47.